The number of aryl methyl sites for hydroxylation is 4. The SMILES string of the molecule is Cc1cc(C)cc(N(c2cccc(C(C)(C)C)c2)c2cc3c(c4ccccc24)c2ccc(N(c4cc(C)cc(C)c4)c4cccc(C(C)(C)C)c4)c4c5sc6ccccc6c5n3c24)c1. The average Bonchev–Trinajstić information content (AvgIpc) is 3.89. The molecule has 0 N–H and O–H groups in total. The summed E-state index contributed by atoms with van der Waals surface area (Å²) in [4.78, 5) is 5.04. The number of nitrogens with zero attached hydrogens (tertiary/aromatic N) is 3. The fourth-order valence-electron chi connectivity index (χ4n) is 10.4. The minimum Gasteiger partial charge on any atom is -0.310 e. The predicted molar refractivity (Wildman–Crippen MR) is 280 cm³/mol. The van der Waals surface area contributed by atoms with Crippen molar-refractivity contribution in [1.82, 2.24) is 4.40 Å². The van der Waals surface area contributed by atoms with Gasteiger partial charge in [-0.1, -0.05) is 126 Å². The van der Waals surface area contributed by atoms with Crippen LogP contribution >= 0.6 is 11.3 Å². The first-order chi connectivity index (χ1) is 30.6. The summed E-state index contributed by atoms with van der Waals surface area (Å²) in [5, 5.41) is 7.63. The average molecular weight is 850 g/mol. The van der Waals surface area contributed by atoms with Crippen molar-refractivity contribution in [2.75, 3.05) is 9.80 Å². The minimum absolute atomic E-state index is 0.00609. The van der Waals surface area contributed by atoms with Crippen molar-refractivity contribution in [3.8, 4) is 0 Å². The summed E-state index contributed by atoms with van der Waals surface area (Å²) in [7, 11) is 0. The Labute approximate surface area is 381 Å². The van der Waals surface area contributed by atoms with E-state index in [1.54, 1.807) is 0 Å². The Morgan fingerprint density at radius 2 is 0.922 bits per heavy atom. The molecule has 0 spiro atoms. The van der Waals surface area contributed by atoms with Gasteiger partial charge in [0, 0.05) is 54.4 Å². The zero-order valence-electron chi connectivity index (χ0n) is 38.7. The van der Waals surface area contributed by atoms with Gasteiger partial charge in [0.2, 0.25) is 0 Å². The van der Waals surface area contributed by atoms with Crippen LogP contribution in [0, 0.1) is 27.7 Å². The van der Waals surface area contributed by atoms with E-state index in [1.807, 2.05) is 11.3 Å². The highest BCUT2D eigenvalue weighted by Crippen LogP contribution is 2.54. The summed E-state index contributed by atoms with van der Waals surface area (Å²) in [6, 6.07) is 57.7. The van der Waals surface area contributed by atoms with E-state index in [4.69, 9.17) is 0 Å². The lowest BCUT2D eigenvalue weighted by Gasteiger charge is -2.30. The van der Waals surface area contributed by atoms with Crippen molar-refractivity contribution in [2.24, 2.45) is 0 Å². The molecule has 0 fully saturated rings. The molecule has 0 amide bonds. The predicted octanol–water partition coefficient (Wildman–Crippen LogP) is 18.0. The number of fused-ring (bicyclic) bond motifs is 10. The summed E-state index contributed by atoms with van der Waals surface area (Å²) in [6.07, 6.45) is 0. The maximum Gasteiger partial charge on any atom is 0.0729 e. The van der Waals surface area contributed by atoms with Crippen molar-refractivity contribution in [2.45, 2.75) is 80.1 Å². The fourth-order valence-corrected chi connectivity index (χ4v) is 11.7. The number of hydrogen-bond acceptors (Lipinski definition) is 3. The Balaban J connectivity index is 1.30. The summed E-state index contributed by atoms with van der Waals surface area (Å²) in [5.74, 6) is 0. The monoisotopic (exact) mass is 849 g/mol. The molecule has 0 atom stereocenters. The van der Waals surface area contributed by atoms with Crippen molar-refractivity contribution >= 4 is 104 Å². The van der Waals surface area contributed by atoms with Crippen molar-refractivity contribution in [1.29, 1.82) is 0 Å². The highest BCUT2D eigenvalue weighted by atomic mass is 32.1. The third-order valence-electron chi connectivity index (χ3n) is 13.3. The van der Waals surface area contributed by atoms with E-state index in [-0.39, 0.29) is 10.8 Å². The molecule has 316 valence electrons. The van der Waals surface area contributed by atoms with E-state index in [0.29, 0.717) is 0 Å². The lowest BCUT2D eigenvalue weighted by molar-refractivity contribution is 0.590. The van der Waals surface area contributed by atoms with Crippen LogP contribution in [0.1, 0.15) is 74.9 Å². The quantitative estimate of drug-likeness (QED) is 0.165. The second-order valence-electron chi connectivity index (χ2n) is 20.3. The van der Waals surface area contributed by atoms with Crippen LogP contribution in [0.3, 0.4) is 0 Å². The summed E-state index contributed by atoms with van der Waals surface area (Å²) in [6.45, 7) is 22.7. The molecule has 0 unspecified atom stereocenters. The summed E-state index contributed by atoms with van der Waals surface area (Å²) >= 11 is 1.92. The molecular weight excluding hydrogens is 795 g/mol. The molecule has 0 radical (unpaired) electrons. The van der Waals surface area contributed by atoms with Gasteiger partial charge in [-0.15, -0.1) is 11.3 Å². The van der Waals surface area contributed by atoms with Crippen LogP contribution in [-0.4, -0.2) is 4.40 Å². The van der Waals surface area contributed by atoms with Crippen LogP contribution in [0.4, 0.5) is 34.1 Å². The van der Waals surface area contributed by atoms with Crippen LogP contribution in [0.15, 0.2) is 152 Å². The highest BCUT2D eigenvalue weighted by Gasteiger charge is 2.30. The zero-order chi connectivity index (χ0) is 44.4. The van der Waals surface area contributed by atoms with Gasteiger partial charge in [-0.3, -0.25) is 0 Å². The van der Waals surface area contributed by atoms with Gasteiger partial charge in [0.25, 0.3) is 0 Å². The molecular formula is C60H55N3S. The van der Waals surface area contributed by atoms with Gasteiger partial charge in [0.1, 0.15) is 0 Å². The first-order valence-electron chi connectivity index (χ1n) is 22.7. The number of anilines is 6. The first-order valence-corrected chi connectivity index (χ1v) is 23.5. The molecule has 4 heteroatoms. The van der Waals surface area contributed by atoms with E-state index in [9.17, 15) is 0 Å². The Kier molecular flexibility index (Phi) is 9.07. The molecule has 0 aliphatic heterocycles. The number of thiophene rings is 1. The molecule has 11 rings (SSSR count). The van der Waals surface area contributed by atoms with Crippen LogP contribution in [0.2, 0.25) is 0 Å². The van der Waals surface area contributed by atoms with Gasteiger partial charge in [-0.25, -0.2) is 0 Å². The maximum absolute atomic E-state index is 2.63. The number of aromatic nitrogens is 1. The van der Waals surface area contributed by atoms with Crippen LogP contribution in [0.25, 0.3) is 58.3 Å². The van der Waals surface area contributed by atoms with Gasteiger partial charge in [0.15, 0.2) is 0 Å². The number of benzene rings is 8. The lowest BCUT2D eigenvalue weighted by Crippen LogP contribution is -2.15. The van der Waals surface area contributed by atoms with E-state index in [0.717, 1.165) is 11.4 Å². The topological polar surface area (TPSA) is 10.9 Å². The van der Waals surface area contributed by atoms with Gasteiger partial charge >= 0.3 is 0 Å². The van der Waals surface area contributed by atoms with Crippen LogP contribution < -0.4 is 9.80 Å². The second kappa shape index (κ2) is 14.5. The van der Waals surface area contributed by atoms with Crippen LogP contribution in [-0.2, 0) is 10.8 Å². The molecule has 0 saturated heterocycles. The molecule has 3 heterocycles. The fraction of sp³-hybridized carbons (Fsp3) is 0.200. The Hall–Kier alpha value is -6.62. The molecule has 11 aromatic rings. The Morgan fingerprint density at radius 3 is 1.48 bits per heavy atom. The standard InChI is InChI=1S/C60H55N3S/c1-36-27-37(2)30-44(29-36)61(42-19-15-17-40(33-42)59(5,6)7)50-26-25-49-54-47-22-12-11-21-46(47)51(35-52(54)63-56(49)55(50)58-57(63)48-23-13-14-24-53(48)64-58)62(45-31-38(3)28-39(4)32-45)43-20-16-18-41(34-43)60(8,9)10/h11-35H,1-10H3. The lowest BCUT2D eigenvalue weighted by atomic mass is 9.86. The summed E-state index contributed by atoms with van der Waals surface area (Å²) < 4.78 is 5.25. The molecule has 0 saturated carbocycles. The molecule has 0 aliphatic rings. The molecule has 0 bridgehead atoms. The van der Waals surface area contributed by atoms with Crippen molar-refractivity contribution in [3.63, 3.8) is 0 Å². The smallest absolute Gasteiger partial charge is 0.0729 e. The molecule has 3 nitrogen and oxygen atoms in total. The number of hydrogen-bond donors (Lipinski definition) is 0. The van der Waals surface area contributed by atoms with Gasteiger partial charge in [0.05, 0.1) is 32.6 Å². The highest BCUT2D eigenvalue weighted by molar-refractivity contribution is 7.26. The minimum atomic E-state index is -0.00893. The second-order valence-corrected chi connectivity index (χ2v) is 21.3. The van der Waals surface area contributed by atoms with E-state index in [2.05, 4.69) is 235 Å². The normalized spacial score (nSPS) is 12.5. The summed E-state index contributed by atoms with van der Waals surface area (Å²) in [5.41, 5.74) is 18.4. The largest absolute Gasteiger partial charge is 0.310 e. The molecule has 0 aliphatic carbocycles. The van der Waals surface area contributed by atoms with Gasteiger partial charge in [-0.2, -0.15) is 0 Å². The van der Waals surface area contributed by atoms with E-state index >= 15 is 0 Å². The third-order valence-corrected chi connectivity index (χ3v) is 14.4. The Bertz CT molecular complexity index is 3490. The Morgan fingerprint density at radius 1 is 0.406 bits per heavy atom. The first kappa shape index (κ1) is 40.2. The number of rotatable bonds is 6. The molecule has 64 heavy (non-hydrogen) atoms. The van der Waals surface area contributed by atoms with E-state index < -0.39 is 0 Å². The zero-order valence-corrected chi connectivity index (χ0v) is 39.5. The van der Waals surface area contributed by atoms with Crippen molar-refractivity contribution in [3.05, 3.63) is 185 Å². The van der Waals surface area contributed by atoms with Crippen LogP contribution in [0.5, 0.6) is 0 Å². The van der Waals surface area contributed by atoms with E-state index in [1.165, 1.54) is 114 Å². The van der Waals surface area contributed by atoms with Gasteiger partial charge in [-0.05, 0) is 144 Å². The van der Waals surface area contributed by atoms with Gasteiger partial charge < -0.3 is 14.2 Å². The third kappa shape index (κ3) is 6.37. The molecule has 3 aromatic heterocycles. The molecule has 8 aromatic carbocycles. The van der Waals surface area contributed by atoms with Crippen molar-refractivity contribution < 1.29 is 0 Å². The maximum atomic E-state index is 2.63.